The van der Waals surface area contributed by atoms with Gasteiger partial charge in [-0.15, -0.1) is 0 Å². The lowest BCUT2D eigenvalue weighted by Crippen LogP contribution is -2.56. The number of hydrogen-bond donors (Lipinski definition) is 0. The van der Waals surface area contributed by atoms with Crippen molar-refractivity contribution in [1.29, 1.82) is 0 Å². The van der Waals surface area contributed by atoms with Crippen LogP contribution in [0, 0.1) is 0 Å². The molecule has 1 fully saturated rings. The standard InChI is InChI=1S/C23H22F4N2O3/c24-22(25,17-8-4-1-2-5-9-17)12-14-28-19(30)16-20(31)29(21(28)32)15-13-23(26,27)18-10-6-3-7-11-18/h1,3-11H,2,12-16H2. The number of urea groups is 1. The van der Waals surface area contributed by atoms with Gasteiger partial charge in [0, 0.05) is 37.1 Å². The highest BCUT2D eigenvalue weighted by Crippen LogP contribution is 2.33. The summed E-state index contributed by atoms with van der Waals surface area (Å²) in [6.07, 6.45) is 5.36. The van der Waals surface area contributed by atoms with Gasteiger partial charge in [-0.1, -0.05) is 60.7 Å². The number of halogens is 4. The van der Waals surface area contributed by atoms with Crippen LogP contribution in [0.3, 0.4) is 0 Å². The molecule has 0 unspecified atom stereocenters. The van der Waals surface area contributed by atoms with E-state index >= 15 is 0 Å². The van der Waals surface area contributed by atoms with Crippen LogP contribution in [0.2, 0.25) is 0 Å². The Bertz CT molecular complexity index is 971. The molecule has 2 aliphatic rings. The normalized spacial score (nSPS) is 17.6. The maximum absolute atomic E-state index is 14.6. The molecule has 1 heterocycles. The van der Waals surface area contributed by atoms with Crippen LogP contribution in [0.1, 0.15) is 31.2 Å². The summed E-state index contributed by atoms with van der Waals surface area (Å²) in [4.78, 5) is 38.0. The lowest BCUT2D eigenvalue weighted by Gasteiger charge is -2.34. The number of nitrogens with zero attached hydrogens (tertiary/aromatic N) is 2. The number of carbonyl (C=O) groups is 3. The van der Waals surface area contributed by atoms with Gasteiger partial charge >= 0.3 is 6.03 Å². The molecule has 0 spiro atoms. The molecule has 0 bridgehead atoms. The van der Waals surface area contributed by atoms with Crippen molar-refractivity contribution in [3.05, 3.63) is 71.8 Å². The van der Waals surface area contributed by atoms with Gasteiger partial charge in [-0.2, -0.15) is 0 Å². The number of benzene rings is 1. The van der Waals surface area contributed by atoms with Crippen LogP contribution in [0.25, 0.3) is 0 Å². The van der Waals surface area contributed by atoms with E-state index in [0.717, 1.165) is 0 Å². The van der Waals surface area contributed by atoms with Crippen LogP contribution in [-0.2, 0) is 15.5 Å². The van der Waals surface area contributed by atoms with Gasteiger partial charge in [-0.05, 0) is 6.42 Å². The van der Waals surface area contributed by atoms with E-state index in [1.165, 1.54) is 42.5 Å². The Morgan fingerprint density at radius 2 is 1.41 bits per heavy atom. The van der Waals surface area contributed by atoms with E-state index in [0.29, 0.717) is 16.2 Å². The molecule has 1 aliphatic carbocycles. The molecular weight excluding hydrogens is 428 g/mol. The van der Waals surface area contributed by atoms with Crippen molar-refractivity contribution in [2.75, 3.05) is 13.1 Å². The van der Waals surface area contributed by atoms with Crippen molar-refractivity contribution in [2.24, 2.45) is 0 Å². The summed E-state index contributed by atoms with van der Waals surface area (Å²) < 4.78 is 58.0. The van der Waals surface area contributed by atoms with E-state index in [4.69, 9.17) is 0 Å². The number of rotatable bonds is 8. The number of amides is 4. The minimum Gasteiger partial charge on any atom is -0.274 e. The molecular formula is C23H22F4N2O3. The van der Waals surface area contributed by atoms with Gasteiger partial charge in [0.05, 0.1) is 0 Å². The average Bonchev–Trinajstić information content (AvgIpc) is 3.04. The smallest absolute Gasteiger partial charge is 0.274 e. The first-order valence-electron chi connectivity index (χ1n) is 10.1. The quantitative estimate of drug-likeness (QED) is 0.422. The summed E-state index contributed by atoms with van der Waals surface area (Å²) in [7, 11) is 0. The molecule has 1 saturated heterocycles. The lowest BCUT2D eigenvalue weighted by atomic mass is 10.0. The molecule has 4 amide bonds. The fraction of sp³-hybridized carbons (Fsp3) is 0.348. The third kappa shape index (κ3) is 5.33. The minimum atomic E-state index is -3.32. The topological polar surface area (TPSA) is 57.7 Å². The molecule has 5 nitrogen and oxygen atoms in total. The summed E-state index contributed by atoms with van der Waals surface area (Å²) in [6, 6.07) is 5.75. The maximum atomic E-state index is 14.6. The van der Waals surface area contributed by atoms with Gasteiger partial charge in [0.15, 0.2) is 0 Å². The van der Waals surface area contributed by atoms with Crippen molar-refractivity contribution in [3.8, 4) is 0 Å². The van der Waals surface area contributed by atoms with E-state index in [-0.39, 0.29) is 11.1 Å². The molecule has 1 aliphatic heterocycles. The molecule has 9 heteroatoms. The number of imide groups is 2. The minimum absolute atomic E-state index is 0.265. The molecule has 0 atom stereocenters. The first kappa shape index (κ1) is 23.4. The second kappa shape index (κ2) is 9.50. The summed E-state index contributed by atoms with van der Waals surface area (Å²) >= 11 is 0. The summed E-state index contributed by atoms with van der Waals surface area (Å²) in [5.74, 6) is -8.48. The summed E-state index contributed by atoms with van der Waals surface area (Å²) in [5, 5.41) is 0. The average molecular weight is 450 g/mol. The van der Waals surface area contributed by atoms with Crippen LogP contribution in [-0.4, -0.2) is 46.7 Å². The number of hydrogen-bond acceptors (Lipinski definition) is 3. The zero-order chi connectivity index (χ0) is 23.4. The Balaban J connectivity index is 1.67. The van der Waals surface area contributed by atoms with E-state index < -0.39 is 62.0 Å². The second-order valence-electron chi connectivity index (χ2n) is 7.51. The fourth-order valence-corrected chi connectivity index (χ4v) is 3.42. The van der Waals surface area contributed by atoms with Crippen LogP contribution >= 0.6 is 0 Å². The molecule has 0 N–H and O–H groups in total. The molecule has 32 heavy (non-hydrogen) atoms. The van der Waals surface area contributed by atoms with Crippen LogP contribution in [0.15, 0.2) is 66.3 Å². The number of alkyl halides is 4. The van der Waals surface area contributed by atoms with Crippen molar-refractivity contribution < 1.29 is 31.9 Å². The molecule has 0 saturated carbocycles. The first-order valence-corrected chi connectivity index (χ1v) is 10.1. The Kier molecular flexibility index (Phi) is 6.96. The van der Waals surface area contributed by atoms with Crippen molar-refractivity contribution >= 4 is 17.8 Å². The van der Waals surface area contributed by atoms with Gasteiger partial charge in [-0.3, -0.25) is 19.4 Å². The molecule has 1 aromatic carbocycles. The summed E-state index contributed by atoms with van der Waals surface area (Å²) in [6.45, 7) is -1.28. The molecule has 0 radical (unpaired) electrons. The van der Waals surface area contributed by atoms with Gasteiger partial charge < -0.3 is 0 Å². The predicted octanol–water partition coefficient (Wildman–Crippen LogP) is 4.82. The highest BCUT2D eigenvalue weighted by Gasteiger charge is 2.42. The second-order valence-corrected chi connectivity index (χ2v) is 7.51. The van der Waals surface area contributed by atoms with E-state index in [1.807, 2.05) is 0 Å². The van der Waals surface area contributed by atoms with E-state index in [2.05, 4.69) is 0 Å². The monoisotopic (exact) mass is 450 g/mol. The van der Waals surface area contributed by atoms with Gasteiger partial charge in [0.1, 0.15) is 6.42 Å². The van der Waals surface area contributed by atoms with Crippen molar-refractivity contribution in [3.63, 3.8) is 0 Å². The third-order valence-electron chi connectivity index (χ3n) is 5.27. The van der Waals surface area contributed by atoms with E-state index in [9.17, 15) is 31.9 Å². The first-order chi connectivity index (χ1) is 15.1. The maximum Gasteiger partial charge on any atom is 0.333 e. The number of carbonyl (C=O) groups excluding carboxylic acids is 3. The Labute approximate surface area is 182 Å². The van der Waals surface area contributed by atoms with Crippen LogP contribution in [0.5, 0.6) is 0 Å². The van der Waals surface area contributed by atoms with Crippen LogP contribution < -0.4 is 0 Å². The van der Waals surface area contributed by atoms with Crippen molar-refractivity contribution in [2.45, 2.75) is 37.5 Å². The van der Waals surface area contributed by atoms with Gasteiger partial charge in [0.25, 0.3) is 11.8 Å². The van der Waals surface area contributed by atoms with Gasteiger partial charge in [0.2, 0.25) is 11.8 Å². The zero-order valence-electron chi connectivity index (χ0n) is 17.1. The third-order valence-corrected chi connectivity index (χ3v) is 5.27. The Hall–Kier alpha value is -3.23. The predicted molar refractivity (Wildman–Crippen MR) is 109 cm³/mol. The molecule has 0 aromatic heterocycles. The molecule has 3 rings (SSSR count). The SMILES string of the molecule is O=C1CC(=O)N(CCC(F)(F)c2ccccc2)C(=O)N1CCC(F)(F)C1=CC=CCC=C1. The van der Waals surface area contributed by atoms with Gasteiger partial charge in [-0.25, -0.2) is 22.4 Å². The Morgan fingerprint density at radius 1 is 0.812 bits per heavy atom. The molecule has 170 valence electrons. The molecule has 1 aromatic rings. The highest BCUT2D eigenvalue weighted by molar-refractivity contribution is 6.14. The number of allylic oxidation sites excluding steroid dienone is 6. The lowest BCUT2D eigenvalue weighted by molar-refractivity contribution is -0.143. The Morgan fingerprint density at radius 3 is 2.03 bits per heavy atom. The summed E-state index contributed by atoms with van der Waals surface area (Å²) in [5.41, 5.74) is -0.540. The zero-order valence-corrected chi connectivity index (χ0v) is 17.1. The fourth-order valence-electron chi connectivity index (χ4n) is 3.42. The van der Waals surface area contributed by atoms with Crippen LogP contribution in [0.4, 0.5) is 22.4 Å². The van der Waals surface area contributed by atoms with Crippen molar-refractivity contribution in [1.82, 2.24) is 9.80 Å². The number of barbiturate groups is 1. The van der Waals surface area contributed by atoms with E-state index in [1.54, 1.807) is 18.2 Å². The largest absolute Gasteiger partial charge is 0.333 e. The highest BCUT2D eigenvalue weighted by atomic mass is 19.3.